The van der Waals surface area contributed by atoms with E-state index in [-0.39, 0.29) is 19.2 Å². The smallest absolute Gasteiger partial charge is 0.457 e. The molecule has 0 aliphatic carbocycles. The summed E-state index contributed by atoms with van der Waals surface area (Å²) in [4.78, 5) is 30.7. The van der Waals surface area contributed by atoms with Crippen molar-refractivity contribution >= 4 is 13.8 Å². The monoisotopic (exact) mass is 761 g/mol. The number of carbonyl (C=O) groups excluding carboxylic acids is 1. The molecule has 0 saturated heterocycles. The van der Waals surface area contributed by atoms with Crippen LogP contribution in [0.4, 0.5) is 0 Å². The Kier molecular flexibility index (Phi) is 41.3. The summed E-state index contributed by atoms with van der Waals surface area (Å²) in [6, 6.07) is 0. The number of hydrogen-bond donors (Lipinski definition) is 2. The third kappa shape index (κ3) is 43.9. The van der Waals surface area contributed by atoms with E-state index in [1.165, 1.54) is 199 Å². The number of unbranched alkanes of at least 4 members (excludes halogenated alkanes) is 34. The standard InChI is InChI=1S/C44H89O7P/c1-3-5-7-9-11-13-15-17-19-20-21-22-23-24-25-26-27-29-31-33-35-37-39-44(45)51-43(42-50-52(46,47)48)41-49-40-38-36-34-32-30-28-18-16-14-12-10-8-6-4-2/h43H,3-42H2,1-2H3,(H2,46,47,48)/t43-/m1/s1. The molecule has 0 saturated carbocycles. The Morgan fingerprint density at radius 1 is 0.442 bits per heavy atom. The lowest BCUT2D eigenvalue weighted by Crippen LogP contribution is -2.28. The topological polar surface area (TPSA) is 102 Å². The van der Waals surface area contributed by atoms with Gasteiger partial charge in [0.2, 0.25) is 0 Å². The molecule has 0 spiro atoms. The van der Waals surface area contributed by atoms with Gasteiger partial charge in [0.1, 0.15) is 6.10 Å². The van der Waals surface area contributed by atoms with E-state index in [4.69, 9.17) is 19.3 Å². The molecule has 0 aromatic rings. The maximum atomic E-state index is 12.4. The van der Waals surface area contributed by atoms with Crippen LogP contribution in [-0.4, -0.2) is 41.7 Å². The van der Waals surface area contributed by atoms with Crippen LogP contribution in [0.5, 0.6) is 0 Å². The highest BCUT2D eigenvalue weighted by atomic mass is 31.2. The molecule has 8 heteroatoms. The molecule has 0 amide bonds. The molecule has 0 radical (unpaired) electrons. The predicted octanol–water partition coefficient (Wildman–Crippen LogP) is 14.5. The van der Waals surface area contributed by atoms with Crippen LogP contribution in [0.15, 0.2) is 0 Å². The number of phosphoric ester groups is 1. The molecule has 0 fully saturated rings. The van der Waals surface area contributed by atoms with Crippen molar-refractivity contribution in [1.82, 2.24) is 0 Å². The van der Waals surface area contributed by atoms with Gasteiger partial charge in [-0.2, -0.15) is 0 Å². The Morgan fingerprint density at radius 3 is 1.04 bits per heavy atom. The van der Waals surface area contributed by atoms with Gasteiger partial charge in [0.05, 0.1) is 13.2 Å². The molecule has 2 N–H and O–H groups in total. The second-order valence-electron chi connectivity index (χ2n) is 15.7. The maximum absolute atomic E-state index is 12.4. The van der Waals surface area contributed by atoms with Crippen molar-refractivity contribution in [3.63, 3.8) is 0 Å². The van der Waals surface area contributed by atoms with Gasteiger partial charge in [-0.1, -0.05) is 232 Å². The average Bonchev–Trinajstić information content (AvgIpc) is 3.12. The van der Waals surface area contributed by atoms with Crippen molar-refractivity contribution in [3.05, 3.63) is 0 Å². The average molecular weight is 761 g/mol. The second kappa shape index (κ2) is 41.7. The molecular weight excluding hydrogens is 671 g/mol. The van der Waals surface area contributed by atoms with Gasteiger partial charge < -0.3 is 19.3 Å². The summed E-state index contributed by atoms with van der Waals surface area (Å²) in [5.41, 5.74) is 0. The third-order valence-corrected chi connectivity index (χ3v) is 10.9. The van der Waals surface area contributed by atoms with Gasteiger partial charge in [-0.15, -0.1) is 0 Å². The van der Waals surface area contributed by atoms with Crippen molar-refractivity contribution in [2.75, 3.05) is 19.8 Å². The summed E-state index contributed by atoms with van der Waals surface area (Å²) in [7, 11) is -4.65. The largest absolute Gasteiger partial charge is 0.469 e. The summed E-state index contributed by atoms with van der Waals surface area (Å²) in [5.74, 6) is -0.354. The minimum absolute atomic E-state index is 0.0868. The van der Waals surface area contributed by atoms with Crippen LogP contribution < -0.4 is 0 Å². The molecule has 0 aromatic heterocycles. The Balaban J connectivity index is 3.67. The molecular formula is C44H89O7P. The zero-order valence-electron chi connectivity index (χ0n) is 34.7. The van der Waals surface area contributed by atoms with Crippen molar-refractivity contribution in [3.8, 4) is 0 Å². The minimum Gasteiger partial charge on any atom is -0.457 e. The molecule has 0 aliphatic heterocycles. The van der Waals surface area contributed by atoms with Gasteiger partial charge in [-0.3, -0.25) is 9.32 Å². The molecule has 0 unspecified atom stereocenters. The van der Waals surface area contributed by atoms with Crippen molar-refractivity contribution < 1.29 is 33.1 Å². The Bertz CT molecular complexity index is 759. The van der Waals surface area contributed by atoms with Gasteiger partial charge in [0, 0.05) is 13.0 Å². The zero-order chi connectivity index (χ0) is 38.1. The molecule has 0 bridgehead atoms. The Labute approximate surface area is 323 Å². The first-order chi connectivity index (χ1) is 25.4. The molecule has 312 valence electrons. The number of carbonyl (C=O) groups is 1. The molecule has 0 aliphatic rings. The van der Waals surface area contributed by atoms with Crippen molar-refractivity contribution in [2.24, 2.45) is 0 Å². The quantitative estimate of drug-likeness (QED) is 0.0362. The van der Waals surface area contributed by atoms with E-state index in [0.29, 0.717) is 13.0 Å². The second-order valence-corrected chi connectivity index (χ2v) is 17.0. The summed E-state index contributed by atoms with van der Waals surface area (Å²) in [5, 5.41) is 0. The van der Waals surface area contributed by atoms with E-state index in [1.807, 2.05) is 0 Å². The van der Waals surface area contributed by atoms with Gasteiger partial charge >= 0.3 is 13.8 Å². The number of phosphoric acid groups is 1. The van der Waals surface area contributed by atoms with Crippen LogP contribution in [0.3, 0.4) is 0 Å². The molecule has 0 aromatic carbocycles. The van der Waals surface area contributed by atoms with E-state index < -0.39 is 13.9 Å². The number of ether oxygens (including phenoxy) is 2. The maximum Gasteiger partial charge on any atom is 0.469 e. The van der Waals surface area contributed by atoms with E-state index in [9.17, 15) is 9.36 Å². The van der Waals surface area contributed by atoms with Gasteiger partial charge in [-0.05, 0) is 12.8 Å². The Hall–Kier alpha value is -0.460. The molecule has 0 heterocycles. The van der Waals surface area contributed by atoms with Gasteiger partial charge in [0.25, 0.3) is 0 Å². The van der Waals surface area contributed by atoms with E-state index in [1.54, 1.807) is 0 Å². The van der Waals surface area contributed by atoms with Crippen LogP contribution in [0.25, 0.3) is 0 Å². The normalized spacial score (nSPS) is 12.5. The predicted molar refractivity (Wildman–Crippen MR) is 221 cm³/mol. The Morgan fingerprint density at radius 2 is 0.731 bits per heavy atom. The zero-order valence-corrected chi connectivity index (χ0v) is 35.6. The highest BCUT2D eigenvalue weighted by Crippen LogP contribution is 2.36. The minimum atomic E-state index is -4.65. The molecule has 0 rings (SSSR count). The first-order valence-electron chi connectivity index (χ1n) is 22.9. The van der Waals surface area contributed by atoms with E-state index >= 15 is 0 Å². The van der Waals surface area contributed by atoms with Gasteiger partial charge in [0.15, 0.2) is 0 Å². The van der Waals surface area contributed by atoms with Crippen LogP contribution in [0, 0.1) is 0 Å². The summed E-state index contributed by atoms with van der Waals surface area (Å²) < 4.78 is 27.0. The van der Waals surface area contributed by atoms with Crippen molar-refractivity contribution in [2.45, 2.75) is 258 Å². The highest BCUT2D eigenvalue weighted by molar-refractivity contribution is 7.46. The lowest BCUT2D eigenvalue weighted by molar-refractivity contribution is -0.154. The SMILES string of the molecule is CCCCCCCCCCCCCCCCCCCCCCCCC(=O)O[C@H](COCCCCCCCCCCCCCCCC)COP(=O)(O)O. The van der Waals surface area contributed by atoms with E-state index in [0.717, 1.165) is 32.1 Å². The number of esters is 1. The molecule has 1 atom stereocenters. The fraction of sp³-hybridized carbons (Fsp3) is 0.977. The van der Waals surface area contributed by atoms with Crippen molar-refractivity contribution in [1.29, 1.82) is 0 Å². The molecule has 52 heavy (non-hydrogen) atoms. The van der Waals surface area contributed by atoms with Crippen LogP contribution in [-0.2, 0) is 23.4 Å². The summed E-state index contributed by atoms with van der Waals surface area (Å²) in [6.45, 7) is 4.81. The number of hydrogen-bond acceptors (Lipinski definition) is 5. The first-order valence-corrected chi connectivity index (χ1v) is 24.4. The lowest BCUT2D eigenvalue weighted by Gasteiger charge is -2.18. The van der Waals surface area contributed by atoms with Crippen LogP contribution >= 0.6 is 7.82 Å². The summed E-state index contributed by atoms with van der Waals surface area (Å²) in [6.07, 6.45) is 46.8. The molecule has 7 nitrogen and oxygen atoms in total. The summed E-state index contributed by atoms with van der Waals surface area (Å²) >= 11 is 0. The van der Waals surface area contributed by atoms with Crippen LogP contribution in [0.2, 0.25) is 0 Å². The first kappa shape index (κ1) is 51.5. The fourth-order valence-corrected chi connectivity index (χ4v) is 7.39. The van der Waals surface area contributed by atoms with Crippen LogP contribution in [0.1, 0.15) is 251 Å². The number of rotatable bonds is 44. The van der Waals surface area contributed by atoms with Gasteiger partial charge in [-0.25, -0.2) is 4.57 Å². The lowest BCUT2D eigenvalue weighted by atomic mass is 10.0. The highest BCUT2D eigenvalue weighted by Gasteiger charge is 2.21. The van der Waals surface area contributed by atoms with E-state index in [2.05, 4.69) is 18.4 Å². The fourth-order valence-electron chi connectivity index (χ4n) is 7.03. The third-order valence-electron chi connectivity index (χ3n) is 10.4.